The molecule has 0 aromatic heterocycles. The average molecular weight is 315 g/mol. The molecular formula is C15H13N3O5. The minimum Gasteiger partial charge on any atom is -0.508 e. The van der Waals surface area contributed by atoms with E-state index < -0.39 is 16.7 Å². The van der Waals surface area contributed by atoms with Crippen molar-refractivity contribution < 1.29 is 19.6 Å². The van der Waals surface area contributed by atoms with E-state index in [1.807, 2.05) is 0 Å². The number of phenolic OH excluding ortho intramolecular Hbond substituents is 1. The van der Waals surface area contributed by atoms with Crippen molar-refractivity contribution in [2.24, 2.45) is 0 Å². The molecule has 8 heteroatoms. The van der Waals surface area contributed by atoms with Crippen LogP contribution in [0.2, 0.25) is 0 Å². The van der Waals surface area contributed by atoms with Gasteiger partial charge in [-0.1, -0.05) is 0 Å². The molecule has 0 spiro atoms. The smallest absolute Gasteiger partial charge is 0.316 e. The third-order valence-electron chi connectivity index (χ3n) is 3.07. The third-order valence-corrected chi connectivity index (χ3v) is 3.07. The van der Waals surface area contributed by atoms with Gasteiger partial charge < -0.3 is 15.3 Å². The lowest BCUT2D eigenvalue weighted by Crippen LogP contribution is -2.37. The number of rotatable bonds is 3. The Morgan fingerprint density at radius 2 is 1.65 bits per heavy atom. The van der Waals surface area contributed by atoms with Crippen molar-refractivity contribution >= 4 is 28.9 Å². The molecular weight excluding hydrogens is 302 g/mol. The van der Waals surface area contributed by atoms with E-state index in [0.29, 0.717) is 5.69 Å². The molecule has 0 saturated carbocycles. The second kappa shape index (κ2) is 6.56. The lowest BCUT2D eigenvalue weighted by Gasteiger charge is -2.16. The van der Waals surface area contributed by atoms with E-state index in [0.717, 1.165) is 4.90 Å². The fraction of sp³-hybridized carbons (Fsp3) is 0.0667. The summed E-state index contributed by atoms with van der Waals surface area (Å²) in [6, 6.07) is 10.9. The van der Waals surface area contributed by atoms with Crippen LogP contribution in [0.1, 0.15) is 0 Å². The highest BCUT2D eigenvalue weighted by atomic mass is 16.6. The number of nitro benzene ring substituents is 1. The van der Waals surface area contributed by atoms with Gasteiger partial charge in [0.1, 0.15) is 5.75 Å². The normalized spacial score (nSPS) is 9.96. The van der Waals surface area contributed by atoms with Gasteiger partial charge in [0.25, 0.3) is 5.69 Å². The molecule has 2 rings (SSSR count). The highest BCUT2D eigenvalue weighted by molar-refractivity contribution is 6.44. The molecule has 2 aromatic rings. The van der Waals surface area contributed by atoms with Gasteiger partial charge in [-0.25, -0.2) is 0 Å². The summed E-state index contributed by atoms with van der Waals surface area (Å²) in [6.45, 7) is 0. The van der Waals surface area contributed by atoms with Crippen LogP contribution in [0.3, 0.4) is 0 Å². The minimum absolute atomic E-state index is 0.0462. The predicted molar refractivity (Wildman–Crippen MR) is 83.2 cm³/mol. The van der Waals surface area contributed by atoms with Gasteiger partial charge in [0.15, 0.2) is 0 Å². The largest absolute Gasteiger partial charge is 0.508 e. The van der Waals surface area contributed by atoms with Crippen LogP contribution in [0.15, 0.2) is 48.5 Å². The molecule has 118 valence electrons. The van der Waals surface area contributed by atoms with Crippen LogP contribution >= 0.6 is 0 Å². The lowest BCUT2D eigenvalue weighted by atomic mass is 10.2. The molecule has 0 aliphatic carbocycles. The number of non-ortho nitro benzene ring substituents is 1. The molecule has 2 amide bonds. The number of carbonyl (C=O) groups excluding carboxylic acids is 2. The Morgan fingerprint density at radius 3 is 2.17 bits per heavy atom. The van der Waals surface area contributed by atoms with Crippen LogP contribution in [0.5, 0.6) is 5.75 Å². The van der Waals surface area contributed by atoms with Gasteiger partial charge in [-0.3, -0.25) is 19.7 Å². The molecule has 2 N–H and O–H groups in total. The van der Waals surface area contributed by atoms with E-state index in [-0.39, 0.29) is 17.1 Å². The van der Waals surface area contributed by atoms with Crippen molar-refractivity contribution in [2.75, 3.05) is 17.3 Å². The van der Waals surface area contributed by atoms with E-state index >= 15 is 0 Å². The first-order chi connectivity index (χ1) is 10.9. The number of aromatic hydroxyl groups is 1. The summed E-state index contributed by atoms with van der Waals surface area (Å²) in [4.78, 5) is 35.1. The van der Waals surface area contributed by atoms with E-state index in [9.17, 15) is 24.8 Å². The van der Waals surface area contributed by atoms with Crippen LogP contribution in [0.4, 0.5) is 17.1 Å². The van der Waals surface area contributed by atoms with Crippen molar-refractivity contribution in [3.8, 4) is 5.75 Å². The Morgan fingerprint density at radius 1 is 1.09 bits per heavy atom. The van der Waals surface area contributed by atoms with E-state index in [2.05, 4.69) is 5.32 Å². The number of hydrogen-bond acceptors (Lipinski definition) is 5. The van der Waals surface area contributed by atoms with Crippen molar-refractivity contribution in [3.05, 3.63) is 58.6 Å². The Bertz CT molecular complexity index is 741. The molecule has 0 fully saturated rings. The zero-order valence-corrected chi connectivity index (χ0v) is 12.1. The number of nitrogens with zero attached hydrogens (tertiary/aromatic N) is 2. The Kier molecular flexibility index (Phi) is 4.55. The fourth-order valence-electron chi connectivity index (χ4n) is 1.80. The molecule has 2 aromatic carbocycles. The molecule has 0 aliphatic heterocycles. The van der Waals surface area contributed by atoms with Crippen LogP contribution in [-0.4, -0.2) is 28.9 Å². The highest BCUT2D eigenvalue weighted by Crippen LogP contribution is 2.18. The maximum Gasteiger partial charge on any atom is 0.316 e. The first kappa shape index (κ1) is 16.0. The zero-order chi connectivity index (χ0) is 17.0. The molecule has 0 bridgehead atoms. The van der Waals surface area contributed by atoms with E-state index in [4.69, 9.17) is 0 Å². The molecule has 0 aliphatic rings. The van der Waals surface area contributed by atoms with Gasteiger partial charge in [-0.15, -0.1) is 0 Å². The van der Waals surface area contributed by atoms with Gasteiger partial charge in [0.05, 0.1) is 4.92 Å². The summed E-state index contributed by atoms with van der Waals surface area (Å²) < 4.78 is 0. The summed E-state index contributed by atoms with van der Waals surface area (Å²) in [6.07, 6.45) is 0. The average Bonchev–Trinajstić information content (AvgIpc) is 2.54. The number of nitro groups is 1. The lowest BCUT2D eigenvalue weighted by molar-refractivity contribution is -0.384. The van der Waals surface area contributed by atoms with Gasteiger partial charge >= 0.3 is 11.8 Å². The second-order valence-corrected chi connectivity index (χ2v) is 4.64. The van der Waals surface area contributed by atoms with Crippen molar-refractivity contribution in [1.29, 1.82) is 0 Å². The number of hydrogen-bond donors (Lipinski definition) is 2. The van der Waals surface area contributed by atoms with Crippen molar-refractivity contribution in [2.45, 2.75) is 0 Å². The van der Waals surface area contributed by atoms with E-state index in [1.165, 1.54) is 55.6 Å². The van der Waals surface area contributed by atoms with Gasteiger partial charge in [0, 0.05) is 30.6 Å². The van der Waals surface area contributed by atoms with Crippen molar-refractivity contribution in [3.63, 3.8) is 0 Å². The van der Waals surface area contributed by atoms with Gasteiger partial charge in [-0.2, -0.15) is 0 Å². The van der Waals surface area contributed by atoms with E-state index in [1.54, 1.807) is 0 Å². The number of phenols is 1. The maximum absolute atomic E-state index is 12.1. The second-order valence-electron chi connectivity index (χ2n) is 4.64. The first-order valence-electron chi connectivity index (χ1n) is 6.51. The highest BCUT2D eigenvalue weighted by Gasteiger charge is 2.20. The monoisotopic (exact) mass is 315 g/mol. The van der Waals surface area contributed by atoms with Crippen LogP contribution < -0.4 is 10.2 Å². The topological polar surface area (TPSA) is 113 Å². The summed E-state index contributed by atoms with van der Waals surface area (Å²) in [5.41, 5.74) is 0.593. The number of carbonyl (C=O) groups is 2. The molecule has 23 heavy (non-hydrogen) atoms. The standard InChI is InChI=1S/C15H13N3O5/c1-17(11-6-8-13(19)9-7-11)15(21)14(20)16-10-2-4-12(5-3-10)18(22)23/h2-9,19H,1H3,(H,16,20). The molecule has 0 saturated heterocycles. The number of benzene rings is 2. The van der Waals surface area contributed by atoms with Crippen LogP contribution in [-0.2, 0) is 9.59 Å². The van der Waals surface area contributed by atoms with Crippen molar-refractivity contribution in [1.82, 2.24) is 0 Å². The summed E-state index contributed by atoms with van der Waals surface area (Å²) >= 11 is 0. The zero-order valence-electron chi connectivity index (χ0n) is 12.1. The number of likely N-dealkylation sites (N-methyl/N-ethyl adjacent to an activating group) is 1. The molecule has 8 nitrogen and oxygen atoms in total. The SMILES string of the molecule is CN(C(=O)C(=O)Nc1ccc([N+](=O)[O-])cc1)c1ccc(O)cc1. The van der Waals surface area contributed by atoms with Gasteiger partial charge in [-0.05, 0) is 36.4 Å². The summed E-state index contributed by atoms with van der Waals surface area (Å²) in [5.74, 6) is -1.64. The summed E-state index contributed by atoms with van der Waals surface area (Å²) in [7, 11) is 1.42. The quantitative estimate of drug-likeness (QED) is 0.510. The Balaban J connectivity index is 2.05. The summed E-state index contributed by atoms with van der Waals surface area (Å²) in [5, 5.41) is 22.1. The molecule has 0 atom stereocenters. The van der Waals surface area contributed by atoms with Gasteiger partial charge in [0.2, 0.25) is 0 Å². The number of nitrogens with one attached hydrogen (secondary N) is 1. The molecule has 0 heterocycles. The fourth-order valence-corrected chi connectivity index (χ4v) is 1.80. The number of amides is 2. The number of anilines is 2. The Hall–Kier alpha value is -3.42. The minimum atomic E-state index is -0.880. The Labute approximate surface area is 131 Å². The molecule has 0 unspecified atom stereocenters. The maximum atomic E-state index is 12.1. The first-order valence-corrected chi connectivity index (χ1v) is 6.51. The van der Waals surface area contributed by atoms with Crippen LogP contribution in [0, 0.1) is 10.1 Å². The predicted octanol–water partition coefficient (Wildman–Crippen LogP) is 1.90. The molecule has 0 radical (unpaired) electrons. The van der Waals surface area contributed by atoms with Crippen LogP contribution in [0.25, 0.3) is 0 Å². The third kappa shape index (κ3) is 3.82.